The lowest BCUT2D eigenvalue weighted by Crippen LogP contribution is -2.12. The number of halogens is 1. The molecular formula is C14H21ClO. The van der Waals surface area contributed by atoms with E-state index in [-0.39, 0.29) is 5.41 Å². The van der Waals surface area contributed by atoms with E-state index in [1.807, 2.05) is 12.1 Å². The van der Waals surface area contributed by atoms with E-state index in [0.29, 0.717) is 18.4 Å². The van der Waals surface area contributed by atoms with E-state index in [2.05, 4.69) is 39.8 Å². The fraction of sp³-hybridized carbons (Fsp3) is 0.571. The fourth-order valence-corrected chi connectivity index (χ4v) is 1.42. The molecule has 2 heteroatoms. The number of hydrogen-bond donors (Lipinski definition) is 0. The molecule has 0 heterocycles. The van der Waals surface area contributed by atoms with E-state index in [9.17, 15) is 0 Å². The van der Waals surface area contributed by atoms with Crippen molar-refractivity contribution in [1.29, 1.82) is 0 Å². The summed E-state index contributed by atoms with van der Waals surface area (Å²) in [7, 11) is 0. The molecule has 0 radical (unpaired) electrons. The first-order chi connectivity index (χ1) is 7.43. The third-order valence-electron chi connectivity index (χ3n) is 2.50. The molecule has 0 fully saturated rings. The molecule has 0 aliphatic carbocycles. The van der Waals surface area contributed by atoms with Crippen molar-refractivity contribution in [2.75, 3.05) is 12.5 Å². The SMILES string of the molecule is CC(CCl)COc1cccc(C(C)(C)C)c1. The third kappa shape index (κ3) is 4.05. The molecule has 16 heavy (non-hydrogen) atoms. The van der Waals surface area contributed by atoms with Gasteiger partial charge in [0.2, 0.25) is 0 Å². The summed E-state index contributed by atoms with van der Waals surface area (Å²) in [6.45, 7) is 9.37. The average Bonchev–Trinajstić information content (AvgIpc) is 2.25. The molecule has 0 saturated heterocycles. The smallest absolute Gasteiger partial charge is 0.119 e. The molecule has 1 atom stereocenters. The second-order valence-electron chi connectivity index (χ2n) is 5.35. The Labute approximate surface area is 104 Å². The zero-order valence-electron chi connectivity index (χ0n) is 10.6. The maximum Gasteiger partial charge on any atom is 0.119 e. The van der Waals surface area contributed by atoms with Crippen LogP contribution in [-0.2, 0) is 5.41 Å². The number of rotatable bonds is 4. The van der Waals surface area contributed by atoms with E-state index in [0.717, 1.165) is 5.75 Å². The molecule has 90 valence electrons. The highest BCUT2D eigenvalue weighted by atomic mass is 35.5. The minimum Gasteiger partial charge on any atom is -0.493 e. The van der Waals surface area contributed by atoms with Gasteiger partial charge in [-0.15, -0.1) is 11.6 Å². The lowest BCUT2D eigenvalue weighted by molar-refractivity contribution is 0.272. The lowest BCUT2D eigenvalue weighted by Gasteiger charge is -2.20. The van der Waals surface area contributed by atoms with Gasteiger partial charge in [-0.05, 0) is 23.1 Å². The molecule has 1 unspecified atom stereocenters. The topological polar surface area (TPSA) is 9.23 Å². The van der Waals surface area contributed by atoms with Crippen LogP contribution in [0.2, 0.25) is 0 Å². The average molecular weight is 241 g/mol. The second-order valence-corrected chi connectivity index (χ2v) is 5.66. The van der Waals surface area contributed by atoms with Crippen molar-refractivity contribution in [2.24, 2.45) is 5.92 Å². The number of alkyl halides is 1. The van der Waals surface area contributed by atoms with Gasteiger partial charge in [0.15, 0.2) is 0 Å². The van der Waals surface area contributed by atoms with Gasteiger partial charge >= 0.3 is 0 Å². The molecular weight excluding hydrogens is 220 g/mol. The van der Waals surface area contributed by atoms with Crippen molar-refractivity contribution in [3.63, 3.8) is 0 Å². The van der Waals surface area contributed by atoms with E-state index in [1.165, 1.54) is 5.56 Å². The van der Waals surface area contributed by atoms with Crippen LogP contribution in [0.1, 0.15) is 33.3 Å². The largest absolute Gasteiger partial charge is 0.493 e. The van der Waals surface area contributed by atoms with Gasteiger partial charge in [0, 0.05) is 11.8 Å². The Balaban J connectivity index is 2.68. The molecule has 1 rings (SSSR count). The Morgan fingerprint density at radius 2 is 2.00 bits per heavy atom. The Bertz CT molecular complexity index is 328. The number of hydrogen-bond acceptors (Lipinski definition) is 1. The van der Waals surface area contributed by atoms with Crippen molar-refractivity contribution in [1.82, 2.24) is 0 Å². The molecule has 0 spiro atoms. The maximum absolute atomic E-state index is 5.74. The van der Waals surface area contributed by atoms with Crippen LogP contribution in [-0.4, -0.2) is 12.5 Å². The number of ether oxygens (including phenoxy) is 1. The summed E-state index contributed by atoms with van der Waals surface area (Å²) in [5.41, 5.74) is 1.46. The van der Waals surface area contributed by atoms with Crippen LogP contribution in [0.4, 0.5) is 0 Å². The summed E-state index contributed by atoms with van der Waals surface area (Å²) in [6, 6.07) is 8.29. The van der Waals surface area contributed by atoms with Crippen LogP contribution in [0.3, 0.4) is 0 Å². The van der Waals surface area contributed by atoms with Crippen LogP contribution < -0.4 is 4.74 Å². The Morgan fingerprint density at radius 1 is 1.31 bits per heavy atom. The summed E-state index contributed by atoms with van der Waals surface area (Å²) in [4.78, 5) is 0. The first-order valence-corrected chi connectivity index (χ1v) is 6.26. The van der Waals surface area contributed by atoms with Crippen molar-refractivity contribution in [2.45, 2.75) is 33.1 Å². The van der Waals surface area contributed by atoms with Gasteiger partial charge in [-0.25, -0.2) is 0 Å². The van der Waals surface area contributed by atoms with Crippen LogP contribution in [0.15, 0.2) is 24.3 Å². The van der Waals surface area contributed by atoms with Crippen molar-refractivity contribution < 1.29 is 4.74 Å². The summed E-state index contributed by atoms with van der Waals surface area (Å²) >= 11 is 5.74. The predicted molar refractivity (Wildman–Crippen MR) is 70.5 cm³/mol. The third-order valence-corrected chi connectivity index (χ3v) is 3.02. The molecule has 0 aliphatic rings. The van der Waals surface area contributed by atoms with Gasteiger partial charge in [-0.1, -0.05) is 39.8 Å². The quantitative estimate of drug-likeness (QED) is 0.716. The second kappa shape index (κ2) is 5.58. The number of benzene rings is 1. The first kappa shape index (κ1) is 13.4. The van der Waals surface area contributed by atoms with Crippen molar-refractivity contribution in [3.05, 3.63) is 29.8 Å². The zero-order valence-corrected chi connectivity index (χ0v) is 11.3. The van der Waals surface area contributed by atoms with Gasteiger partial charge < -0.3 is 4.74 Å². The monoisotopic (exact) mass is 240 g/mol. The van der Waals surface area contributed by atoms with Crippen molar-refractivity contribution in [3.8, 4) is 5.75 Å². The Morgan fingerprint density at radius 3 is 2.56 bits per heavy atom. The van der Waals surface area contributed by atoms with E-state index >= 15 is 0 Å². The summed E-state index contributed by atoms with van der Waals surface area (Å²) in [6.07, 6.45) is 0. The minimum absolute atomic E-state index is 0.164. The molecule has 0 saturated carbocycles. The summed E-state index contributed by atoms with van der Waals surface area (Å²) in [5.74, 6) is 1.96. The Kier molecular flexibility index (Phi) is 4.67. The van der Waals surface area contributed by atoms with E-state index in [1.54, 1.807) is 0 Å². The standard InChI is InChI=1S/C14H21ClO/c1-11(9-15)10-16-13-7-5-6-12(8-13)14(2,3)4/h5-8,11H,9-10H2,1-4H3. The molecule has 0 amide bonds. The Hall–Kier alpha value is -0.690. The van der Waals surface area contributed by atoms with Gasteiger partial charge in [0.05, 0.1) is 6.61 Å². The normalized spacial score (nSPS) is 13.6. The molecule has 1 aromatic rings. The van der Waals surface area contributed by atoms with Crippen LogP contribution in [0.5, 0.6) is 5.75 Å². The highest BCUT2D eigenvalue weighted by Crippen LogP contribution is 2.25. The van der Waals surface area contributed by atoms with Gasteiger partial charge in [-0.3, -0.25) is 0 Å². The lowest BCUT2D eigenvalue weighted by atomic mass is 9.87. The van der Waals surface area contributed by atoms with Gasteiger partial charge in [0.1, 0.15) is 5.75 Å². The highest BCUT2D eigenvalue weighted by Gasteiger charge is 2.14. The maximum atomic E-state index is 5.74. The molecule has 0 bridgehead atoms. The summed E-state index contributed by atoms with van der Waals surface area (Å²) in [5, 5.41) is 0. The van der Waals surface area contributed by atoms with Gasteiger partial charge in [0.25, 0.3) is 0 Å². The highest BCUT2D eigenvalue weighted by molar-refractivity contribution is 6.18. The summed E-state index contributed by atoms with van der Waals surface area (Å²) < 4.78 is 5.71. The predicted octanol–water partition coefficient (Wildman–Crippen LogP) is 4.24. The molecule has 0 aromatic heterocycles. The molecule has 0 N–H and O–H groups in total. The van der Waals surface area contributed by atoms with Crippen LogP contribution in [0.25, 0.3) is 0 Å². The molecule has 1 nitrogen and oxygen atoms in total. The zero-order chi connectivity index (χ0) is 12.2. The first-order valence-electron chi connectivity index (χ1n) is 5.73. The fourth-order valence-electron chi connectivity index (χ4n) is 1.34. The van der Waals surface area contributed by atoms with Gasteiger partial charge in [-0.2, -0.15) is 0 Å². The van der Waals surface area contributed by atoms with Crippen LogP contribution >= 0.6 is 11.6 Å². The molecule has 1 aromatic carbocycles. The van der Waals surface area contributed by atoms with E-state index < -0.39 is 0 Å². The van der Waals surface area contributed by atoms with E-state index in [4.69, 9.17) is 16.3 Å². The van der Waals surface area contributed by atoms with Crippen molar-refractivity contribution >= 4 is 11.6 Å². The van der Waals surface area contributed by atoms with Crippen LogP contribution in [0, 0.1) is 5.92 Å². The minimum atomic E-state index is 0.164. The molecule has 0 aliphatic heterocycles.